The van der Waals surface area contributed by atoms with Crippen LogP contribution < -0.4 is 10.6 Å². The van der Waals surface area contributed by atoms with Gasteiger partial charge in [-0.2, -0.15) is 0 Å². The summed E-state index contributed by atoms with van der Waals surface area (Å²) in [5.41, 5.74) is 3.30. The van der Waals surface area contributed by atoms with Crippen LogP contribution in [0.4, 0.5) is 0 Å². The van der Waals surface area contributed by atoms with E-state index in [1.165, 1.54) is 24.8 Å². The van der Waals surface area contributed by atoms with Crippen LogP contribution in [0.2, 0.25) is 0 Å². The number of aryl methyl sites for hydroxylation is 1. The van der Waals surface area contributed by atoms with Gasteiger partial charge in [-0.25, -0.2) is 0 Å². The molecule has 1 amide bonds. The summed E-state index contributed by atoms with van der Waals surface area (Å²) in [5, 5.41) is 7.84. The number of para-hydroxylation sites is 1. The van der Waals surface area contributed by atoms with Gasteiger partial charge in [0.25, 0.3) is 5.91 Å². The van der Waals surface area contributed by atoms with Crippen LogP contribution in [-0.2, 0) is 6.54 Å². The van der Waals surface area contributed by atoms with Gasteiger partial charge in [-0.1, -0.05) is 88.6 Å². The number of nitrogens with one attached hydrogen (secondary N) is 2. The number of carbonyl (C=O) groups excluding carboxylic acids is 1. The second-order valence-electron chi connectivity index (χ2n) is 9.25. The zero-order valence-corrected chi connectivity index (χ0v) is 20.6. The van der Waals surface area contributed by atoms with E-state index in [0.717, 1.165) is 55.5 Å². The zero-order chi connectivity index (χ0) is 23.5. The van der Waals surface area contributed by atoms with Crippen molar-refractivity contribution in [1.82, 2.24) is 15.2 Å². The SMILES string of the molecule is CCCCC(CC)CNC(=O)c1cn(CCCNCC(C)c2ccccc2)c2ccccc12. The lowest BCUT2D eigenvalue weighted by Crippen LogP contribution is -2.29. The molecule has 178 valence electrons. The Hall–Kier alpha value is -2.59. The van der Waals surface area contributed by atoms with Crippen LogP contribution in [0.1, 0.15) is 74.7 Å². The Labute approximate surface area is 199 Å². The molecule has 33 heavy (non-hydrogen) atoms. The van der Waals surface area contributed by atoms with Crippen LogP contribution in [0.25, 0.3) is 10.9 Å². The number of unbranched alkanes of at least 4 members (excludes halogenated alkanes) is 1. The Morgan fingerprint density at radius 1 is 0.970 bits per heavy atom. The number of aromatic nitrogens is 1. The van der Waals surface area contributed by atoms with Crippen molar-refractivity contribution in [3.05, 3.63) is 71.9 Å². The van der Waals surface area contributed by atoms with Gasteiger partial charge in [-0.3, -0.25) is 4.79 Å². The number of hydrogen-bond acceptors (Lipinski definition) is 2. The van der Waals surface area contributed by atoms with Crippen molar-refractivity contribution in [2.24, 2.45) is 5.92 Å². The summed E-state index contributed by atoms with van der Waals surface area (Å²) in [5.74, 6) is 1.11. The van der Waals surface area contributed by atoms with Gasteiger partial charge in [0.05, 0.1) is 5.56 Å². The third-order valence-electron chi connectivity index (χ3n) is 6.70. The van der Waals surface area contributed by atoms with Crippen molar-refractivity contribution in [3.8, 4) is 0 Å². The van der Waals surface area contributed by atoms with E-state index in [9.17, 15) is 4.79 Å². The monoisotopic (exact) mass is 447 g/mol. The van der Waals surface area contributed by atoms with E-state index in [0.29, 0.717) is 11.8 Å². The first-order valence-corrected chi connectivity index (χ1v) is 12.8. The molecule has 2 atom stereocenters. The van der Waals surface area contributed by atoms with Crippen LogP contribution >= 0.6 is 0 Å². The largest absolute Gasteiger partial charge is 0.352 e. The average Bonchev–Trinajstić information content (AvgIpc) is 3.23. The molecule has 2 unspecified atom stereocenters. The third-order valence-corrected chi connectivity index (χ3v) is 6.70. The number of carbonyl (C=O) groups is 1. The molecule has 3 aromatic rings. The number of benzene rings is 2. The molecular formula is C29H41N3O. The summed E-state index contributed by atoms with van der Waals surface area (Å²) < 4.78 is 2.24. The molecule has 0 aliphatic heterocycles. The van der Waals surface area contributed by atoms with Crippen molar-refractivity contribution in [2.45, 2.75) is 65.3 Å². The summed E-state index contributed by atoms with van der Waals surface area (Å²) in [6.45, 7) is 10.3. The highest BCUT2D eigenvalue weighted by atomic mass is 16.1. The van der Waals surface area contributed by atoms with E-state index in [1.807, 2.05) is 12.3 Å². The smallest absolute Gasteiger partial charge is 0.253 e. The maximum atomic E-state index is 13.0. The number of rotatable bonds is 14. The summed E-state index contributed by atoms with van der Waals surface area (Å²) in [4.78, 5) is 13.0. The van der Waals surface area contributed by atoms with E-state index in [-0.39, 0.29) is 5.91 Å². The molecule has 0 bridgehead atoms. The van der Waals surface area contributed by atoms with Crippen molar-refractivity contribution >= 4 is 16.8 Å². The molecule has 3 rings (SSSR count). The Bertz CT molecular complexity index is 979. The number of amides is 1. The van der Waals surface area contributed by atoms with E-state index in [4.69, 9.17) is 0 Å². The molecule has 0 saturated heterocycles. The highest BCUT2D eigenvalue weighted by molar-refractivity contribution is 6.07. The lowest BCUT2D eigenvalue weighted by Gasteiger charge is -2.15. The first kappa shape index (κ1) is 25.0. The topological polar surface area (TPSA) is 46.1 Å². The van der Waals surface area contributed by atoms with Crippen LogP contribution in [0.15, 0.2) is 60.8 Å². The van der Waals surface area contributed by atoms with Crippen molar-refractivity contribution in [2.75, 3.05) is 19.6 Å². The molecule has 4 nitrogen and oxygen atoms in total. The van der Waals surface area contributed by atoms with Gasteiger partial charge in [0.2, 0.25) is 0 Å². The quantitative estimate of drug-likeness (QED) is 0.282. The molecule has 4 heteroatoms. The Balaban J connectivity index is 1.54. The van der Waals surface area contributed by atoms with E-state index >= 15 is 0 Å². The Morgan fingerprint density at radius 3 is 2.48 bits per heavy atom. The number of nitrogens with zero attached hydrogens (tertiary/aromatic N) is 1. The van der Waals surface area contributed by atoms with Crippen LogP contribution in [0, 0.1) is 5.92 Å². The van der Waals surface area contributed by atoms with Gasteiger partial charge in [0.15, 0.2) is 0 Å². The van der Waals surface area contributed by atoms with Gasteiger partial charge < -0.3 is 15.2 Å². The molecular weight excluding hydrogens is 406 g/mol. The number of fused-ring (bicyclic) bond motifs is 1. The summed E-state index contributed by atoms with van der Waals surface area (Å²) in [6.07, 6.45) is 7.79. The molecule has 0 radical (unpaired) electrons. The van der Waals surface area contributed by atoms with Crippen molar-refractivity contribution in [3.63, 3.8) is 0 Å². The fraction of sp³-hybridized carbons (Fsp3) is 0.483. The van der Waals surface area contributed by atoms with Gasteiger partial charge in [0, 0.05) is 36.7 Å². The van der Waals surface area contributed by atoms with E-state index < -0.39 is 0 Å². The first-order chi connectivity index (χ1) is 16.1. The van der Waals surface area contributed by atoms with Crippen LogP contribution in [0.5, 0.6) is 0 Å². The minimum atomic E-state index is 0.0507. The Kier molecular flexibility index (Phi) is 10.0. The summed E-state index contributed by atoms with van der Waals surface area (Å²) in [6, 6.07) is 18.9. The van der Waals surface area contributed by atoms with Gasteiger partial charge in [0.1, 0.15) is 0 Å². The molecule has 0 spiro atoms. The molecule has 2 N–H and O–H groups in total. The number of hydrogen-bond donors (Lipinski definition) is 2. The standard InChI is InChI=1S/C29H41N3O/c1-4-6-13-24(5-2)21-31-29(33)27-22-32(28-17-11-10-16-26(27)28)19-12-18-30-20-23(3)25-14-8-7-9-15-25/h7-11,14-17,22-24,30H,4-6,12-13,18-21H2,1-3H3,(H,31,33). The second-order valence-corrected chi connectivity index (χ2v) is 9.25. The predicted molar refractivity (Wildman–Crippen MR) is 140 cm³/mol. The highest BCUT2D eigenvalue weighted by Crippen LogP contribution is 2.22. The maximum Gasteiger partial charge on any atom is 0.253 e. The van der Waals surface area contributed by atoms with E-state index in [1.54, 1.807) is 0 Å². The lowest BCUT2D eigenvalue weighted by atomic mass is 9.99. The fourth-order valence-electron chi connectivity index (χ4n) is 4.48. The maximum absolute atomic E-state index is 13.0. The van der Waals surface area contributed by atoms with Gasteiger partial charge in [-0.15, -0.1) is 0 Å². The van der Waals surface area contributed by atoms with Crippen LogP contribution in [0.3, 0.4) is 0 Å². The molecule has 0 fully saturated rings. The lowest BCUT2D eigenvalue weighted by molar-refractivity contribution is 0.0947. The molecule has 1 aromatic heterocycles. The molecule has 1 heterocycles. The molecule has 0 aliphatic rings. The highest BCUT2D eigenvalue weighted by Gasteiger charge is 2.16. The van der Waals surface area contributed by atoms with Crippen molar-refractivity contribution < 1.29 is 4.79 Å². The van der Waals surface area contributed by atoms with Crippen LogP contribution in [-0.4, -0.2) is 30.1 Å². The normalized spacial score (nSPS) is 13.2. The molecule has 0 saturated carbocycles. The molecule has 2 aromatic carbocycles. The van der Waals surface area contributed by atoms with E-state index in [2.05, 4.69) is 84.5 Å². The second kappa shape index (κ2) is 13.2. The average molecular weight is 448 g/mol. The summed E-state index contributed by atoms with van der Waals surface area (Å²) >= 11 is 0. The molecule has 0 aliphatic carbocycles. The van der Waals surface area contributed by atoms with Gasteiger partial charge in [-0.05, 0) is 42.9 Å². The first-order valence-electron chi connectivity index (χ1n) is 12.8. The van der Waals surface area contributed by atoms with Crippen molar-refractivity contribution in [1.29, 1.82) is 0 Å². The minimum Gasteiger partial charge on any atom is -0.352 e. The Morgan fingerprint density at radius 2 is 1.73 bits per heavy atom. The minimum absolute atomic E-state index is 0.0507. The van der Waals surface area contributed by atoms with Gasteiger partial charge >= 0.3 is 0 Å². The fourth-order valence-corrected chi connectivity index (χ4v) is 4.48. The third kappa shape index (κ3) is 7.20. The predicted octanol–water partition coefficient (Wildman–Crippen LogP) is 6.37. The zero-order valence-electron chi connectivity index (χ0n) is 20.6. The summed E-state index contributed by atoms with van der Waals surface area (Å²) in [7, 11) is 0.